The number of nitrogens with one attached hydrogen (secondary N) is 2. The Hall–Kier alpha value is -3.93. The fourth-order valence-electron chi connectivity index (χ4n) is 3.25. The number of H-pyrrole nitrogens is 1. The number of anilines is 1. The number of hydrogen-bond donors (Lipinski definition) is 2. The number of nitrogens with zero attached hydrogens (tertiary/aromatic N) is 2. The molecule has 0 unspecified atom stereocenters. The second-order valence-electron chi connectivity index (χ2n) is 6.45. The van der Waals surface area contributed by atoms with Crippen molar-refractivity contribution in [2.75, 3.05) is 5.32 Å². The van der Waals surface area contributed by atoms with Gasteiger partial charge in [-0.05, 0) is 30.3 Å². The van der Waals surface area contributed by atoms with Crippen LogP contribution in [-0.2, 0) is 6.54 Å². The van der Waals surface area contributed by atoms with E-state index in [-0.39, 0.29) is 5.56 Å². The van der Waals surface area contributed by atoms with E-state index >= 15 is 0 Å². The minimum absolute atomic E-state index is 0.184. The number of rotatable bonds is 4. The molecular formula is C22H16N4O2. The molecule has 0 saturated heterocycles. The molecule has 0 aliphatic heterocycles. The largest absolute Gasteiger partial charge is 0.439 e. The molecule has 0 aliphatic carbocycles. The average Bonchev–Trinajstić information content (AvgIpc) is 3.16. The summed E-state index contributed by atoms with van der Waals surface area (Å²) in [6.45, 7) is 0.494. The molecule has 2 aromatic heterocycles. The summed E-state index contributed by atoms with van der Waals surface area (Å²) in [6, 6.07) is 23.1. The summed E-state index contributed by atoms with van der Waals surface area (Å²) in [5.41, 5.74) is 4.08. The molecule has 6 heteroatoms. The predicted octanol–water partition coefficient (Wildman–Crippen LogP) is 4.34. The van der Waals surface area contributed by atoms with Gasteiger partial charge < -0.3 is 9.73 Å². The smallest absolute Gasteiger partial charge is 0.272 e. The second kappa shape index (κ2) is 6.66. The van der Waals surface area contributed by atoms with Crippen LogP contribution in [0.3, 0.4) is 0 Å². The monoisotopic (exact) mass is 368 g/mol. The molecule has 28 heavy (non-hydrogen) atoms. The molecule has 0 bridgehead atoms. The predicted molar refractivity (Wildman–Crippen MR) is 109 cm³/mol. The van der Waals surface area contributed by atoms with E-state index in [1.54, 1.807) is 6.07 Å². The van der Waals surface area contributed by atoms with Crippen LogP contribution in [0.4, 0.5) is 5.69 Å². The Labute approximate surface area is 159 Å². The van der Waals surface area contributed by atoms with Crippen molar-refractivity contribution >= 4 is 27.6 Å². The maximum absolute atomic E-state index is 12.0. The molecule has 0 radical (unpaired) electrons. The highest BCUT2D eigenvalue weighted by molar-refractivity contribution is 5.93. The lowest BCUT2D eigenvalue weighted by atomic mass is 10.0. The Bertz CT molecular complexity index is 1300. The fraction of sp³-hybridized carbons (Fsp3) is 0.0455. The van der Waals surface area contributed by atoms with Gasteiger partial charge in [-0.15, -0.1) is 0 Å². The van der Waals surface area contributed by atoms with Gasteiger partial charge >= 0.3 is 0 Å². The van der Waals surface area contributed by atoms with E-state index in [4.69, 9.17) is 4.42 Å². The van der Waals surface area contributed by atoms with Gasteiger partial charge in [-0.1, -0.05) is 42.5 Å². The summed E-state index contributed by atoms with van der Waals surface area (Å²) in [7, 11) is 0. The van der Waals surface area contributed by atoms with Crippen LogP contribution in [0.2, 0.25) is 0 Å². The zero-order chi connectivity index (χ0) is 18.9. The first-order valence-electron chi connectivity index (χ1n) is 8.94. The van der Waals surface area contributed by atoms with Gasteiger partial charge in [0.1, 0.15) is 5.52 Å². The van der Waals surface area contributed by atoms with Crippen LogP contribution in [-0.4, -0.2) is 15.2 Å². The topological polar surface area (TPSA) is 83.8 Å². The molecule has 5 rings (SSSR count). The fourth-order valence-corrected chi connectivity index (χ4v) is 3.25. The van der Waals surface area contributed by atoms with E-state index in [1.165, 1.54) is 0 Å². The van der Waals surface area contributed by atoms with Crippen LogP contribution in [0.5, 0.6) is 0 Å². The van der Waals surface area contributed by atoms with Crippen molar-refractivity contribution in [1.82, 2.24) is 15.2 Å². The lowest BCUT2D eigenvalue weighted by Gasteiger charge is -2.07. The number of aromatic amines is 1. The molecule has 0 spiro atoms. The summed E-state index contributed by atoms with van der Waals surface area (Å²) < 4.78 is 5.72. The number of benzene rings is 3. The highest BCUT2D eigenvalue weighted by Crippen LogP contribution is 2.25. The van der Waals surface area contributed by atoms with E-state index in [0.717, 1.165) is 33.4 Å². The van der Waals surface area contributed by atoms with E-state index in [9.17, 15) is 4.79 Å². The SMILES string of the molecule is O=c1[nH]nc(-c2ccc(NCc3nc4ccccc4o3)cc2)c2ccccc12. The van der Waals surface area contributed by atoms with Gasteiger partial charge in [-0.3, -0.25) is 4.79 Å². The quantitative estimate of drug-likeness (QED) is 0.493. The number of para-hydroxylation sites is 2. The van der Waals surface area contributed by atoms with Crippen LogP contribution < -0.4 is 10.9 Å². The third-order valence-corrected chi connectivity index (χ3v) is 4.64. The van der Waals surface area contributed by atoms with Gasteiger partial charge in [0.2, 0.25) is 5.89 Å². The Balaban J connectivity index is 1.39. The number of oxazole rings is 1. The third-order valence-electron chi connectivity index (χ3n) is 4.64. The van der Waals surface area contributed by atoms with Crippen LogP contribution in [0.1, 0.15) is 5.89 Å². The van der Waals surface area contributed by atoms with Gasteiger partial charge in [0.25, 0.3) is 5.56 Å². The van der Waals surface area contributed by atoms with Crippen LogP contribution in [0.15, 0.2) is 82.0 Å². The summed E-state index contributed by atoms with van der Waals surface area (Å²) in [4.78, 5) is 16.4. The second-order valence-corrected chi connectivity index (χ2v) is 6.45. The molecule has 6 nitrogen and oxygen atoms in total. The molecule has 0 saturated carbocycles. The van der Waals surface area contributed by atoms with Crippen molar-refractivity contribution in [2.24, 2.45) is 0 Å². The van der Waals surface area contributed by atoms with Gasteiger partial charge in [-0.25, -0.2) is 10.1 Å². The summed E-state index contributed by atoms with van der Waals surface area (Å²) in [6.07, 6.45) is 0. The molecule has 2 heterocycles. The summed E-state index contributed by atoms with van der Waals surface area (Å²) >= 11 is 0. The number of fused-ring (bicyclic) bond motifs is 2. The minimum Gasteiger partial charge on any atom is -0.439 e. The maximum Gasteiger partial charge on any atom is 0.272 e. The molecule has 0 aliphatic rings. The van der Waals surface area contributed by atoms with Gasteiger partial charge in [-0.2, -0.15) is 5.10 Å². The van der Waals surface area contributed by atoms with E-state index < -0.39 is 0 Å². The molecule has 0 amide bonds. The highest BCUT2D eigenvalue weighted by atomic mass is 16.3. The number of aromatic nitrogens is 3. The normalized spacial score (nSPS) is 11.1. The molecule has 136 valence electrons. The van der Waals surface area contributed by atoms with Crippen molar-refractivity contribution < 1.29 is 4.42 Å². The molecule has 3 aromatic carbocycles. The van der Waals surface area contributed by atoms with E-state index in [1.807, 2.05) is 66.7 Å². The van der Waals surface area contributed by atoms with Crippen molar-refractivity contribution in [3.63, 3.8) is 0 Å². The van der Waals surface area contributed by atoms with Gasteiger partial charge in [0.15, 0.2) is 5.58 Å². The zero-order valence-corrected chi connectivity index (χ0v) is 14.8. The van der Waals surface area contributed by atoms with Gasteiger partial charge in [0.05, 0.1) is 17.6 Å². The Kier molecular flexibility index (Phi) is 3.87. The first-order chi connectivity index (χ1) is 13.8. The Morgan fingerprint density at radius 2 is 1.64 bits per heavy atom. The standard InChI is InChI=1S/C22H16N4O2/c27-22-17-6-2-1-5-16(17)21(25-26-22)14-9-11-15(12-10-14)23-13-20-24-18-7-3-4-8-19(18)28-20/h1-12,23H,13H2,(H,26,27). The first kappa shape index (κ1) is 16.3. The van der Waals surface area contributed by atoms with Crippen molar-refractivity contribution in [1.29, 1.82) is 0 Å². The molecular weight excluding hydrogens is 352 g/mol. The lowest BCUT2D eigenvalue weighted by Crippen LogP contribution is -2.09. The molecule has 2 N–H and O–H groups in total. The molecule has 0 fully saturated rings. The van der Waals surface area contributed by atoms with Crippen molar-refractivity contribution in [3.8, 4) is 11.3 Å². The summed E-state index contributed by atoms with van der Waals surface area (Å²) in [5, 5.41) is 11.6. The summed E-state index contributed by atoms with van der Waals surface area (Å²) in [5.74, 6) is 0.638. The third kappa shape index (κ3) is 2.91. The van der Waals surface area contributed by atoms with Crippen LogP contribution >= 0.6 is 0 Å². The Morgan fingerprint density at radius 3 is 2.46 bits per heavy atom. The Morgan fingerprint density at radius 1 is 0.893 bits per heavy atom. The van der Waals surface area contributed by atoms with Gasteiger partial charge in [0, 0.05) is 16.6 Å². The molecule has 0 atom stereocenters. The minimum atomic E-state index is -0.184. The van der Waals surface area contributed by atoms with Crippen LogP contribution in [0.25, 0.3) is 33.1 Å². The average molecular weight is 368 g/mol. The van der Waals surface area contributed by atoms with E-state index in [2.05, 4.69) is 20.5 Å². The lowest BCUT2D eigenvalue weighted by molar-refractivity contribution is 0.540. The maximum atomic E-state index is 12.0. The van der Waals surface area contributed by atoms with E-state index in [0.29, 0.717) is 17.8 Å². The zero-order valence-electron chi connectivity index (χ0n) is 14.8. The van der Waals surface area contributed by atoms with Crippen molar-refractivity contribution in [3.05, 3.63) is 89.0 Å². The first-order valence-corrected chi connectivity index (χ1v) is 8.94. The number of hydrogen-bond acceptors (Lipinski definition) is 5. The highest BCUT2D eigenvalue weighted by Gasteiger charge is 2.09. The van der Waals surface area contributed by atoms with Crippen molar-refractivity contribution in [2.45, 2.75) is 6.54 Å². The molecule has 5 aromatic rings. The van der Waals surface area contributed by atoms with Crippen LogP contribution in [0, 0.1) is 0 Å².